The van der Waals surface area contributed by atoms with E-state index >= 15 is 0 Å². The average Bonchev–Trinajstić information content (AvgIpc) is 3.86. The van der Waals surface area contributed by atoms with Crippen LogP contribution in [0, 0.1) is 0 Å². The summed E-state index contributed by atoms with van der Waals surface area (Å²) < 4.78 is 7.63. The standard InChI is InChI=1S/C48H30N2S/c1-2-12-31(13-3-1)32-14-10-15-33(28-32)34-16-11-17-35(29-34)49-43-21-7-4-18-37(43)40-25-26-41-38-19-5-8-22-44(38)50(48(41)47(40)49)36-24-27-46-42(30-36)39-20-6-9-23-45(39)51-46/h1-30H. The normalized spacial score (nSPS) is 11.9. The van der Waals surface area contributed by atoms with Crippen molar-refractivity contribution >= 4 is 75.1 Å². The van der Waals surface area contributed by atoms with Gasteiger partial charge in [-0.2, -0.15) is 0 Å². The maximum atomic E-state index is 2.50. The van der Waals surface area contributed by atoms with Crippen LogP contribution in [-0.4, -0.2) is 9.13 Å². The predicted octanol–water partition coefficient (Wildman–Crippen LogP) is 13.6. The third-order valence-corrected chi connectivity index (χ3v) is 11.6. The topological polar surface area (TPSA) is 9.86 Å². The molecule has 0 bridgehead atoms. The van der Waals surface area contributed by atoms with Crippen LogP contribution in [-0.2, 0) is 0 Å². The van der Waals surface area contributed by atoms with Crippen molar-refractivity contribution < 1.29 is 0 Å². The molecule has 0 aliphatic heterocycles. The van der Waals surface area contributed by atoms with Crippen LogP contribution in [0.2, 0.25) is 0 Å². The number of fused-ring (bicyclic) bond motifs is 10. The summed E-state index contributed by atoms with van der Waals surface area (Å²) in [6.07, 6.45) is 0. The molecule has 0 saturated carbocycles. The van der Waals surface area contributed by atoms with Crippen molar-refractivity contribution in [2.24, 2.45) is 0 Å². The van der Waals surface area contributed by atoms with E-state index in [9.17, 15) is 0 Å². The molecule has 3 heteroatoms. The fourth-order valence-corrected chi connectivity index (χ4v) is 9.31. The van der Waals surface area contributed by atoms with E-state index in [1.807, 2.05) is 11.3 Å². The first kappa shape index (κ1) is 28.4. The number of hydrogen-bond donors (Lipinski definition) is 0. The first-order chi connectivity index (χ1) is 25.3. The first-order valence-electron chi connectivity index (χ1n) is 17.4. The number of rotatable bonds is 4. The van der Waals surface area contributed by atoms with Crippen LogP contribution in [0.4, 0.5) is 0 Å². The van der Waals surface area contributed by atoms with Crippen molar-refractivity contribution in [2.75, 3.05) is 0 Å². The molecule has 0 fully saturated rings. The smallest absolute Gasteiger partial charge is 0.0788 e. The number of aromatic nitrogens is 2. The quantitative estimate of drug-likeness (QED) is 0.177. The summed E-state index contributed by atoms with van der Waals surface area (Å²) in [5.74, 6) is 0. The van der Waals surface area contributed by atoms with E-state index < -0.39 is 0 Å². The van der Waals surface area contributed by atoms with Crippen LogP contribution in [0.5, 0.6) is 0 Å². The molecule has 0 aliphatic carbocycles. The third kappa shape index (κ3) is 4.29. The first-order valence-corrected chi connectivity index (χ1v) is 18.3. The summed E-state index contributed by atoms with van der Waals surface area (Å²) in [4.78, 5) is 0. The average molecular weight is 667 g/mol. The van der Waals surface area contributed by atoms with E-state index in [4.69, 9.17) is 0 Å². The molecule has 0 unspecified atom stereocenters. The number of para-hydroxylation sites is 2. The van der Waals surface area contributed by atoms with Crippen LogP contribution in [0.15, 0.2) is 182 Å². The molecular formula is C48H30N2S. The Labute approximate surface area is 298 Å². The van der Waals surface area contributed by atoms with E-state index in [0.29, 0.717) is 0 Å². The molecule has 11 aromatic rings. The maximum Gasteiger partial charge on any atom is 0.0788 e. The lowest BCUT2D eigenvalue weighted by atomic mass is 9.99. The summed E-state index contributed by atoms with van der Waals surface area (Å²) >= 11 is 1.87. The minimum absolute atomic E-state index is 1.15. The van der Waals surface area contributed by atoms with Crippen LogP contribution in [0.1, 0.15) is 0 Å². The summed E-state index contributed by atoms with van der Waals surface area (Å²) in [6.45, 7) is 0. The van der Waals surface area contributed by atoms with Gasteiger partial charge >= 0.3 is 0 Å². The highest BCUT2D eigenvalue weighted by Gasteiger charge is 2.21. The van der Waals surface area contributed by atoms with Gasteiger partial charge < -0.3 is 9.13 Å². The largest absolute Gasteiger partial charge is 0.307 e. The summed E-state index contributed by atoms with van der Waals surface area (Å²) in [5, 5.41) is 7.63. The van der Waals surface area contributed by atoms with Gasteiger partial charge in [-0.3, -0.25) is 0 Å². The van der Waals surface area contributed by atoms with E-state index in [-0.39, 0.29) is 0 Å². The fraction of sp³-hybridized carbons (Fsp3) is 0. The summed E-state index contributed by atoms with van der Waals surface area (Å²) in [5.41, 5.74) is 12.0. The molecule has 0 amide bonds. The Balaban J connectivity index is 1.22. The molecule has 0 aliphatic rings. The van der Waals surface area contributed by atoms with Crippen molar-refractivity contribution in [1.82, 2.24) is 9.13 Å². The monoisotopic (exact) mass is 666 g/mol. The van der Waals surface area contributed by atoms with Crippen molar-refractivity contribution in [3.8, 4) is 33.6 Å². The zero-order chi connectivity index (χ0) is 33.5. The Bertz CT molecular complexity index is 3140. The molecule has 0 spiro atoms. The molecule has 51 heavy (non-hydrogen) atoms. The van der Waals surface area contributed by atoms with E-state index in [0.717, 1.165) is 5.69 Å². The van der Waals surface area contributed by atoms with Gasteiger partial charge in [0.1, 0.15) is 0 Å². The Morgan fingerprint density at radius 2 is 0.804 bits per heavy atom. The lowest BCUT2D eigenvalue weighted by Crippen LogP contribution is -1.99. The highest BCUT2D eigenvalue weighted by molar-refractivity contribution is 7.25. The second-order valence-corrected chi connectivity index (χ2v) is 14.4. The number of benzene rings is 8. The van der Waals surface area contributed by atoms with Crippen LogP contribution in [0.25, 0.3) is 97.4 Å². The Hall–Kier alpha value is -6.42. The Kier molecular flexibility index (Phi) is 6.16. The van der Waals surface area contributed by atoms with Crippen molar-refractivity contribution in [3.63, 3.8) is 0 Å². The maximum absolute atomic E-state index is 2.50. The zero-order valence-corrected chi connectivity index (χ0v) is 28.4. The van der Waals surface area contributed by atoms with Gasteiger partial charge in [-0.05, 0) is 76.9 Å². The van der Waals surface area contributed by atoms with Crippen LogP contribution < -0.4 is 0 Å². The molecule has 3 aromatic heterocycles. The highest BCUT2D eigenvalue weighted by Crippen LogP contribution is 2.43. The van der Waals surface area contributed by atoms with Gasteiger partial charge in [0.25, 0.3) is 0 Å². The van der Waals surface area contributed by atoms with Crippen molar-refractivity contribution in [1.29, 1.82) is 0 Å². The molecule has 8 aromatic carbocycles. The van der Waals surface area contributed by atoms with Crippen molar-refractivity contribution in [2.45, 2.75) is 0 Å². The van der Waals surface area contributed by atoms with Gasteiger partial charge in [-0.25, -0.2) is 0 Å². The summed E-state index contributed by atoms with van der Waals surface area (Å²) in [7, 11) is 0. The molecule has 11 rings (SSSR count). The van der Waals surface area contributed by atoms with Crippen LogP contribution >= 0.6 is 11.3 Å². The molecule has 0 atom stereocenters. The van der Waals surface area contributed by atoms with Gasteiger partial charge in [0.2, 0.25) is 0 Å². The van der Waals surface area contributed by atoms with Gasteiger partial charge in [-0.15, -0.1) is 11.3 Å². The molecule has 238 valence electrons. The lowest BCUT2D eigenvalue weighted by molar-refractivity contribution is 1.15. The molecule has 0 N–H and O–H groups in total. The molecule has 3 heterocycles. The minimum atomic E-state index is 1.15. The van der Waals surface area contributed by atoms with Gasteiger partial charge in [-0.1, -0.05) is 127 Å². The SMILES string of the molecule is c1ccc(-c2cccc(-c3cccc(-n4c5ccccc5c5ccc6c7ccccc7n(-c7ccc8sc9ccccc9c8c7)c6c54)c3)c2)cc1. The second kappa shape index (κ2) is 11.0. The minimum Gasteiger partial charge on any atom is -0.307 e. The summed E-state index contributed by atoms with van der Waals surface area (Å²) in [6, 6.07) is 66.7. The number of thiophene rings is 1. The predicted molar refractivity (Wildman–Crippen MR) is 219 cm³/mol. The third-order valence-electron chi connectivity index (χ3n) is 10.5. The lowest BCUT2D eigenvalue weighted by Gasteiger charge is -2.14. The van der Waals surface area contributed by atoms with Gasteiger partial charge in [0.05, 0.1) is 22.1 Å². The van der Waals surface area contributed by atoms with Crippen molar-refractivity contribution in [3.05, 3.63) is 182 Å². The number of hydrogen-bond acceptors (Lipinski definition) is 1. The number of nitrogens with zero attached hydrogens (tertiary/aromatic N) is 2. The molecule has 0 saturated heterocycles. The highest BCUT2D eigenvalue weighted by atomic mass is 32.1. The Morgan fingerprint density at radius 3 is 1.51 bits per heavy atom. The fourth-order valence-electron chi connectivity index (χ4n) is 8.22. The van der Waals surface area contributed by atoms with E-state index in [1.54, 1.807) is 0 Å². The molecule has 0 radical (unpaired) electrons. The molecule has 2 nitrogen and oxygen atoms in total. The van der Waals surface area contributed by atoms with Gasteiger partial charge in [0, 0.05) is 53.1 Å². The van der Waals surface area contributed by atoms with Gasteiger partial charge in [0.15, 0.2) is 0 Å². The van der Waals surface area contributed by atoms with Crippen LogP contribution in [0.3, 0.4) is 0 Å². The zero-order valence-electron chi connectivity index (χ0n) is 27.6. The van der Waals surface area contributed by atoms with E-state index in [1.165, 1.54) is 91.7 Å². The second-order valence-electron chi connectivity index (χ2n) is 13.3. The molecular weight excluding hydrogens is 637 g/mol. The van der Waals surface area contributed by atoms with E-state index in [2.05, 4.69) is 191 Å². The Morgan fingerprint density at radius 1 is 0.294 bits per heavy atom.